The number of fused-ring (bicyclic) bond motifs is 1. The van der Waals surface area contributed by atoms with Crippen LogP contribution in [0.4, 0.5) is 11.6 Å². The van der Waals surface area contributed by atoms with Crippen LogP contribution in [0.15, 0.2) is 42.6 Å². The molecule has 1 saturated heterocycles. The Bertz CT molecular complexity index is 1240. The van der Waals surface area contributed by atoms with Crippen LogP contribution >= 0.6 is 11.6 Å². The van der Waals surface area contributed by atoms with Gasteiger partial charge in [-0.2, -0.15) is 10.1 Å². The molecule has 0 aliphatic carbocycles. The molecule has 1 amide bonds. The molecule has 0 radical (unpaired) electrons. The standard InChI is InChI=1S/C21H20ClN7O2/c1-28-21(24-17-7-6-16-15(18(17)22)12-23-26-16)25-19(27-28)13-2-4-14(5-3-13)20(30)29-8-10-31-11-9-29/h2-7,12H,8-11H2,1H3,(H,23,26)(H,24,25,27). The van der Waals surface area contributed by atoms with Crippen molar-refractivity contribution in [2.75, 3.05) is 31.6 Å². The van der Waals surface area contributed by atoms with Gasteiger partial charge in [-0.05, 0) is 24.3 Å². The number of carbonyl (C=O) groups is 1. The van der Waals surface area contributed by atoms with Crippen molar-refractivity contribution in [1.29, 1.82) is 0 Å². The van der Waals surface area contributed by atoms with E-state index in [9.17, 15) is 4.79 Å². The highest BCUT2D eigenvalue weighted by molar-refractivity contribution is 6.38. The number of nitrogens with zero attached hydrogens (tertiary/aromatic N) is 5. The number of carbonyl (C=O) groups excluding carboxylic acids is 1. The van der Waals surface area contributed by atoms with Crippen LogP contribution in [-0.4, -0.2) is 62.1 Å². The van der Waals surface area contributed by atoms with E-state index in [4.69, 9.17) is 16.3 Å². The minimum Gasteiger partial charge on any atom is -0.378 e. The Morgan fingerprint density at radius 2 is 1.94 bits per heavy atom. The number of hydrogen-bond acceptors (Lipinski definition) is 6. The van der Waals surface area contributed by atoms with Gasteiger partial charge in [0.15, 0.2) is 5.82 Å². The monoisotopic (exact) mass is 437 g/mol. The summed E-state index contributed by atoms with van der Waals surface area (Å²) in [5, 5.41) is 16.0. The van der Waals surface area contributed by atoms with Crippen molar-refractivity contribution in [2.45, 2.75) is 0 Å². The molecule has 1 aliphatic heterocycles. The van der Waals surface area contributed by atoms with Crippen molar-refractivity contribution in [1.82, 2.24) is 29.9 Å². The number of aryl methyl sites for hydroxylation is 1. The lowest BCUT2D eigenvalue weighted by Gasteiger charge is -2.26. The van der Waals surface area contributed by atoms with E-state index < -0.39 is 0 Å². The fourth-order valence-electron chi connectivity index (χ4n) is 3.53. The molecule has 1 fully saturated rings. The second kappa shape index (κ2) is 8.01. The van der Waals surface area contributed by atoms with Gasteiger partial charge in [0.2, 0.25) is 5.95 Å². The third kappa shape index (κ3) is 3.73. The van der Waals surface area contributed by atoms with E-state index in [0.717, 1.165) is 16.5 Å². The van der Waals surface area contributed by atoms with E-state index in [0.29, 0.717) is 54.3 Å². The van der Waals surface area contributed by atoms with Crippen LogP contribution in [0.1, 0.15) is 10.4 Å². The predicted octanol–water partition coefficient (Wildman–Crippen LogP) is 3.23. The van der Waals surface area contributed by atoms with Crippen LogP contribution < -0.4 is 5.32 Å². The summed E-state index contributed by atoms with van der Waals surface area (Å²) in [5.74, 6) is 1.11. The van der Waals surface area contributed by atoms with Gasteiger partial charge in [-0.3, -0.25) is 9.89 Å². The second-order valence-electron chi connectivity index (χ2n) is 7.25. The first-order valence-corrected chi connectivity index (χ1v) is 10.2. The van der Waals surface area contributed by atoms with Gasteiger partial charge in [0.1, 0.15) is 0 Å². The number of anilines is 2. The Hall–Kier alpha value is -3.43. The lowest BCUT2D eigenvalue weighted by Crippen LogP contribution is -2.40. The van der Waals surface area contributed by atoms with Crippen molar-refractivity contribution in [3.8, 4) is 11.4 Å². The molecule has 9 nitrogen and oxygen atoms in total. The van der Waals surface area contributed by atoms with Crippen LogP contribution in [0.2, 0.25) is 5.02 Å². The van der Waals surface area contributed by atoms with Gasteiger partial charge < -0.3 is 15.0 Å². The summed E-state index contributed by atoms with van der Waals surface area (Å²) < 4.78 is 6.96. The molecule has 31 heavy (non-hydrogen) atoms. The highest BCUT2D eigenvalue weighted by Gasteiger charge is 2.19. The van der Waals surface area contributed by atoms with Gasteiger partial charge in [0.25, 0.3) is 5.91 Å². The largest absolute Gasteiger partial charge is 0.378 e. The number of aromatic amines is 1. The molecule has 158 valence electrons. The second-order valence-corrected chi connectivity index (χ2v) is 7.63. The molecular formula is C21H20ClN7O2. The van der Waals surface area contributed by atoms with Crippen LogP contribution in [-0.2, 0) is 11.8 Å². The van der Waals surface area contributed by atoms with Crippen molar-refractivity contribution in [3.63, 3.8) is 0 Å². The molecule has 10 heteroatoms. The molecule has 3 heterocycles. The molecule has 0 unspecified atom stereocenters. The molecular weight excluding hydrogens is 418 g/mol. The Balaban J connectivity index is 1.36. The quantitative estimate of drug-likeness (QED) is 0.508. The number of nitrogens with one attached hydrogen (secondary N) is 2. The number of ether oxygens (including phenoxy) is 1. The van der Waals surface area contributed by atoms with Crippen molar-refractivity contribution < 1.29 is 9.53 Å². The van der Waals surface area contributed by atoms with Gasteiger partial charge in [0, 0.05) is 36.7 Å². The zero-order valence-corrected chi connectivity index (χ0v) is 17.6. The average Bonchev–Trinajstić information content (AvgIpc) is 3.43. The van der Waals surface area contributed by atoms with Crippen molar-refractivity contribution in [2.24, 2.45) is 7.05 Å². The normalized spacial score (nSPS) is 14.2. The fourth-order valence-corrected chi connectivity index (χ4v) is 3.79. The maximum absolute atomic E-state index is 12.6. The number of rotatable bonds is 4. The molecule has 2 aromatic heterocycles. The van der Waals surface area contributed by atoms with E-state index in [1.165, 1.54) is 0 Å². The highest BCUT2D eigenvalue weighted by Crippen LogP contribution is 2.32. The first-order valence-electron chi connectivity index (χ1n) is 9.87. The molecule has 0 spiro atoms. The number of hydrogen-bond donors (Lipinski definition) is 2. The lowest BCUT2D eigenvalue weighted by molar-refractivity contribution is 0.0303. The summed E-state index contributed by atoms with van der Waals surface area (Å²) in [5.41, 5.74) is 3.03. The van der Waals surface area contributed by atoms with E-state index in [1.54, 1.807) is 35.0 Å². The van der Waals surface area contributed by atoms with E-state index >= 15 is 0 Å². The lowest BCUT2D eigenvalue weighted by atomic mass is 10.1. The first kappa shape index (κ1) is 19.5. The van der Waals surface area contributed by atoms with Gasteiger partial charge >= 0.3 is 0 Å². The average molecular weight is 438 g/mol. The topological polar surface area (TPSA) is 101 Å². The van der Waals surface area contributed by atoms with Crippen LogP contribution in [0.25, 0.3) is 22.3 Å². The van der Waals surface area contributed by atoms with E-state index in [-0.39, 0.29) is 5.91 Å². The maximum atomic E-state index is 12.6. The summed E-state index contributed by atoms with van der Waals surface area (Å²) in [6.07, 6.45) is 1.69. The van der Waals surface area contributed by atoms with Gasteiger partial charge in [0.05, 0.1) is 35.6 Å². The van der Waals surface area contributed by atoms with Crippen molar-refractivity contribution >= 4 is 40.0 Å². The number of amides is 1. The summed E-state index contributed by atoms with van der Waals surface area (Å²) in [6.45, 7) is 2.39. The number of morpholine rings is 1. The number of aromatic nitrogens is 5. The first-order chi connectivity index (χ1) is 15.1. The molecule has 2 aromatic carbocycles. The smallest absolute Gasteiger partial charge is 0.254 e. The summed E-state index contributed by atoms with van der Waals surface area (Å²) in [6, 6.07) is 11.1. The van der Waals surface area contributed by atoms with Crippen LogP contribution in [0.5, 0.6) is 0 Å². The van der Waals surface area contributed by atoms with Crippen LogP contribution in [0.3, 0.4) is 0 Å². The zero-order chi connectivity index (χ0) is 21.4. The number of halogens is 1. The Labute approximate surface area is 183 Å². The van der Waals surface area contributed by atoms with Gasteiger partial charge in [-0.1, -0.05) is 23.7 Å². The molecule has 1 aliphatic rings. The molecule has 5 rings (SSSR count). The maximum Gasteiger partial charge on any atom is 0.254 e. The van der Waals surface area contributed by atoms with Crippen molar-refractivity contribution in [3.05, 3.63) is 53.2 Å². The molecule has 2 N–H and O–H groups in total. The Morgan fingerprint density at radius 3 is 2.71 bits per heavy atom. The van der Waals surface area contributed by atoms with E-state index in [2.05, 4.69) is 25.6 Å². The minimum atomic E-state index is 0.00969. The van der Waals surface area contributed by atoms with Gasteiger partial charge in [-0.15, -0.1) is 5.10 Å². The summed E-state index contributed by atoms with van der Waals surface area (Å²) in [4.78, 5) is 19.0. The van der Waals surface area contributed by atoms with E-state index in [1.807, 2.05) is 24.3 Å². The Morgan fingerprint density at radius 1 is 1.16 bits per heavy atom. The molecule has 0 bridgehead atoms. The minimum absolute atomic E-state index is 0.00969. The number of H-pyrrole nitrogens is 1. The highest BCUT2D eigenvalue weighted by atomic mass is 35.5. The molecule has 0 saturated carbocycles. The third-order valence-corrected chi connectivity index (χ3v) is 5.66. The predicted molar refractivity (Wildman–Crippen MR) is 118 cm³/mol. The van der Waals surface area contributed by atoms with Crippen LogP contribution in [0, 0.1) is 0 Å². The van der Waals surface area contributed by atoms with Gasteiger partial charge in [-0.25, -0.2) is 4.68 Å². The zero-order valence-electron chi connectivity index (χ0n) is 16.8. The Kier molecular flexibility index (Phi) is 5.05. The molecule has 4 aromatic rings. The number of benzene rings is 2. The summed E-state index contributed by atoms with van der Waals surface area (Å²) in [7, 11) is 1.81. The fraction of sp³-hybridized carbons (Fsp3) is 0.238. The molecule has 0 atom stereocenters. The SMILES string of the molecule is Cn1nc(-c2ccc(C(=O)N3CCOCC3)cc2)nc1Nc1ccc2[nH]ncc2c1Cl. The third-order valence-electron chi connectivity index (χ3n) is 5.26. The summed E-state index contributed by atoms with van der Waals surface area (Å²) >= 11 is 6.50.